The Morgan fingerprint density at radius 1 is 0.889 bits per heavy atom. The molecule has 190 valence electrons. The van der Waals surface area contributed by atoms with Gasteiger partial charge in [0.25, 0.3) is 5.56 Å². The third-order valence-electron chi connectivity index (χ3n) is 6.57. The summed E-state index contributed by atoms with van der Waals surface area (Å²) in [5, 5.41) is 6.10. The van der Waals surface area contributed by atoms with Gasteiger partial charge in [-0.05, 0) is 62.1 Å². The largest absolute Gasteiger partial charge is 0.352 e. The number of amides is 2. The van der Waals surface area contributed by atoms with Crippen LogP contribution in [0.1, 0.15) is 51.4 Å². The summed E-state index contributed by atoms with van der Waals surface area (Å²) >= 11 is 0. The number of benzene rings is 2. The molecule has 2 aromatic carbocycles. The minimum Gasteiger partial charge on any atom is -0.352 e. The van der Waals surface area contributed by atoms with E-state index < -0.39 is 11.2 Å². The van der Waals surface area contributed by atoms with Crippen LogP contribution in [0.5, 0.6) is 0 Å². The van der Waals surface area contributed by atoms with Crippen molar-refractivity contribution in [1.82, 2.24) is 14.5 Å². The number of unbranched alkanes of at least 4 members (excludes halogenated alkanes) is 1. The van der Waals surface area contributed by atoms with Crippen molar-refractivity contribution in [1.29, 1.82) is 0 Å². The number of fused-ring (bicyclic) bond motifs is 1. The quantitative estimate of drug-likeness (QED) is 0.444. The number of aromatic nitrogens is 2. The Morgan fingerprint density at radius 2 is 1.61 bits per heavy atom. The second-order valence-electron chi connectivity index (χ2n) is 9.26. The summed E-state index contributed by atoms with van der Waals surface area (Å²) in [5.74, 6) is -0.855. The first-order valence-electron chi connectivity index (χ1n) is 12.5. The maximum absolute atomic E-state index is 13.3. The highest BCUT2D eigenvalue weighted by Crippen LogP contribution is 2.17. The average molecular weight is 495 g/mol. The van der Waals surface area contributed by atoms with Gasteiger partial charge in [0, 0.05) is 24.7 Å². The van der Waals surface area contributed by atoms with Crippen molar-refractivity contribution in [3.05, 3.63) is 75.2 Å². The first kappa shape index (κ1) is 25.3. The van der Waals surface area contributed by atoms with E-state index in [0.717, 1.165) is 30.3 Å². The first-order chi connectivity index (χ1) is 17.4. The number of nitrogens with zero attached hydrogens (tertiary/aromatic N) is 2. The topological polar surface area (TPSA) is 102 Å². The van der Waals surface area contributed by atoms with Gasteiger partial charge in [-0.25, -0.2) is 9.18 Å². The van der Waals surface area contributed by atoms with Crippen LogP contribution in [0, 0.1) is 5.82 Å². The maximum atomic E-state index is 13.3. The summed E-state index contributed by atoms with van der Waals surface area (Å²) in [6.07, 6.45) is 6.30. The molecule has 0 atom stereocenters. The third-order valence-corrected chi connectivity index (χ3v) is 6.57. The zero-order chi connectivity index (χ0) is 25.5. The van der Waals surface area contributed by atoms with Gasteiger partial charge in [0.05, 0.1) is 10.9 Å². The molecule has 0 aliphatic heterocycles. The molecule has 0 spiro atoms. The van der Waals surface area contributed by atoms with E-state index in [4.69, 9.17) is 0 Å². The molecule has 0 unspecified atom stereocenters. The van der Waals surface area contributed by atoms with Crippen molar-refractivity contribution >= 4 is 28.4 Å². The fourth-order valence-electron chi connectivity index (χ4n) is 4.70. The van der Waals surface area contributed by atoms with E-state index in [2.05, 4.69) is 10.6 Å². The number of anilines is 1. The van der Waals surface area contributed by atoms with Crippen LogP contribution < -0.4 is 21.9 Å². The number of hydrogen-bond donors (Lipinski definition) is 2. The molecule has 2 amide bonds. The van der Waals surface area contributed by atoms with Gasteiger partial charge in [-0.1, -0.05) is 31.4 Å². The van der Waals surface area contributed by atoms with Crippen LogP contribution in [0.15, 0.2) is 58.1 Å². The van der Waals surface area contributed by atoms with Gasteiger partial charge < -0.3 is 10.6 Å². The van der Waals surface area contributed by atoms with E-state index in [9.17, 15) is 23.6 Å². The van der Waals surface area contributed by atoms with Crippen LogP contribution in [0.4, 0.5) is 10.1 Å². The molecule has 36 heavy (non-hydrogen) atoms. The zero-order valence-electron chi connectivity index (χ0n) is 20.2. The number of rotatable bonds is 9. The Kier molecular flexibility index (Phi) is 8.30. The highest BCUT2D eigenvalue weighted by atomic mass is 19.1. The molecular formula is C27H31FN4O4. The Balaban J connectivity index is 1.43. The van der Waals surface area contributed by atoms with E-state index in [1.807, 2.05) is 0 Å². The van der Waals surface area contributed by atoms with Gasteiger partial charge in [0.15, 0.2) is 0 Å². The van der Waals surface area contributed by atoms with Gasteiger partial charge in [0.1, 0.15) is 12.4 Å². The molecule has 1 saturated carbocycles. The summed E-state index contributed by atoms with van der Waals surface area (Å²) < 4.78 is 15.5. The molecular weight excluding hydrogens is 463 g/mol. The smallest absolute Gasteiger partial charge is 0.331 e. The van der Waals surface area contributed by atoms with E-state index in [1.165, 1.54) is 35.3 Å². The van der Waals surface area contributed by atoms with Crippen molar-refractivity contribution in [3.8, 4) is 0 Å². The van der Waals surface area contributed by atoms with Crippen molar-refractivity contribution < 1.29 is 14.0 Å². The molecule has 0 saturated heterocycles. The van der Waals surface area contributed by atoms with Gasteiger partial charge in [0.2, 0.25) is 11.8 Å². The fraction of sp³-hybridized carbons (Fsp3) is 0.407. The average Bonchev–Trinajstić information content (AvgIpc) is 2.88. The second kappa shape index (κ2) is 11.8. The Morgan fingerprint density at radius 3 is 2.36 bits per heavy atom. The SMILES string of the molecule is O=C(CCCCn1c(=O)c2ccccc2n(CC(=O)NC2CCCCC2)c1=O)Nc1ccc(F)cc1. The molecule has 0 bridgehead atoms. The van der Waals surface area contributed by atoms with Crippen LogP contribution in [0.3, 0.4) is 0 Å². The predicted octanol–water partition coefficient (Wildman–Crippen LogP) is 3.56. The third kappa shape index (κ3) is 6.27. The van der Waals surface area contributed by atoms with Gasteiger partial charge >= 0.3 is 5.69 Å². The van der Waals surface area contributed by atoms with E-state index in [0.29, 0.717) is 29.4 Å². The second-order valence-corrected chi connectivity index (χ2v) is 9.26. The van der Waals surface area contributed by atoms with Gasteiger partial charge in [-0.15, -0.1) is 0 Å². The molecule has 3 aromatic rings. The Labute approximate surface area is 208 Å². The molecule has 1 aliphatic carbocycles. The van der Waals surface area contributed by atoms with Crippen molar-refractivity contribution in [2.75, 3.05) is 5.32 Å². The maximum Gasteiger partial charge on any atom is 0.331 e. The number of nitrogens with one attached hydrogen (secondary N) is 2. The summed E-state index contributed by atoms with van der Waals surface area (Å²) in [4.78, 5) is 51.2. The highest BCUT2D eigenvalue weighted by Gasteiger charge is 2.19. The molecule has 2 N–H and O–H groups in total. The molecule has 1 heterocycles. The van der Waals surface area contributed by atoms with Crippen molar-refractivity contribution in [2.45, 2.75) is 70.5 Å². The molecule has 4 rings (SSSR count). The van der Waals surface area contributed by atoms with Crippen molar-refractivity contribution in [2.24, 2.45) is 0 Å². The van der Waals surface area contributed by atoms with Crippen molar-refractivity contribution in [3.63, 3.8) is 0 Å². The van der Waals surface area contributed by atoms with Crippen LogP contribution >= 0.6 is 0 Å². The van der Waals surface area contributed by atoms with E-state index in [1.54, 1.807) is 24.3 Å². The molecule has 0 radical (unpaired) electrons. The minimum absolute atomic E-state index is 0.125. The first-order valence-corrected chi connectivity index (χ1v) is 12.5. The summed E-state index contributed by atoms with van der Waals surface area (Å²) in [5.41, 5.74) is -0.00804. The lowest BCUT2D eigenvalue weighted by atomic mass is 9.95. The summed E-state index contributed by atoms with van der Waals surface area (Å²) in [6.45, 7) is -0.0211. The zero-order valence-corrected chi connectivity index (χ0v) is 20.2. The van der Waals surface area contributed by atoms with Crippen LogP contribution in [0.25, 0.3) is 10.9 Å². The number of halogens is 1. The molecule has 1 fully saturated rings. The molecule has 9 heteroatoms. The summed E-state index contributed by atoms with van der Waals surface area (Å²) in [7, 11) is 0. The Bertz CT molecular complexity index is 1340. The lowest BCUT2D eigenvalue weighted by Crippen LogP contribution is -2.44. The number of hydrogen-bond acceptors (Lipinski definition) is 4. The molecule has 8 nitrogen and oxygen atoms in total. The van der Waals surface area contributed by atoms with Gasteiger partial charge in [-0.2, -0.15) is 0 Å². The lowest BCUT2D eigenvalue weighted by molar-refractivity contribution is -0.122. The minimum atomic E-state index is -0.534. The van der Waals surface area contributed by atoms with Gasteiger partial charge in [-0.3, -0.25) is 23.5 Å². The predicted molar refractivity (Wildman–Crippen MR) is 136 cm³/mol. The normalized spacial score (nSPS) is 14.0. The number of para-hydroxylation sites is 1. The van der Waals surface area contributed by atoms with Crippen LogP contribution in [-0.2, 0) is 22.7 Å². The fourth-order valence-corrected chi connectivity index (χ4v) is 4.70. The van der Waals surface area contributed by atoms with E-state index >= 15 is 0 Å². The van der Waals surface area contributed by atoms with E-state index in [-0.39, 0.29) is 43.2 Å². The molecule has 1 aromatic heterocycles. The lowest BCUT2D eigenvalue weighted by Gasteiger charge is -2.23. The monoisotopic (exact) mass is 494 g/mol. The highest BCUT2D eigenvalue weighted by molar-refractivity contribution is 5.90. The number of carbonyl (C=O) groups excluding carboxylic acids is 2. The molecule has 1 aliphatic rings. The summed E-state index contributed by atoms with van der Waals surface area (Å²) in [6, 6.07) is 12.4. The number of carbonyl (C=O) groups is 2. The standard InChI is InChI=1S/C27H31FN4O4/c28-19-13-15-21(16-14-19)29-24(33)12-6-7-17-31-26(35)22-10-4-5-11-23(22)32(27(31)36)18-25(34)30-20-8-2-1-3-9-20/h4-5,10-11,13-16,20H,1-3,6-9,12,17-18H2,(H,29,33)(H,30,34). The Hall–Kier alpha value is -3.75. The van der Waals surface area contributed by atoms with Crippen LogP contribution in [-0.4, -0.2) is 27.0 Å². The van der Waals surface area contributed by atoms with Crippen LogP contribution in [0.2, 0.25) is 0 Å².